The minimum atomic E-state index is -0.216. The molecule has 43 heavy (non-hydrogen) atoms. The normalized spacial score (nSPS) is 13.3. The van der Waals surface area contributed by atoms with E-state index >= 15 is 0 Å². The van der Waals surface area contributed by atoms with Gasteiger partial charge in [0.1, 0.15) is 17.3 Å². The molecule has 5 aromatic rings. The number of fused-ring (bicyclic) bond motifs is 2. The predicted octanol–water partition coefficient (Wildman–Crippen LogP) is 4.93. The molecule has 1 aliphatic rings. The van der Waals surface area contributed by atoms with Crippen LogP contribution in [-0.2, 0) is 7.05 Å². The molecule has 0 bridgehead atoms. The molecule has 3 amide bonds. The summed E-state index contributed by atoms with van der Waals surface area (Å²) < 4.78 is 8.62. The minimum Gasteiger partial charge on any atom is -0.495 e. The average Bonchev–Trinajstić information content (AvgIpc) is 3.74. The second kappa shape index (κ2) is 12.2. The van der Waals surface area contributed by atoms with Gasteiger partial charge in [-0.2, -0.15) is 0 Å². The van der Waals surface area contributed by atoms with Crippen LogP contribution in [-0.4, -0.2) is 66.2 Å². The third-order valence-corrected chi connectivity index (χ3v) is 8.69. The smallest absolute Gasteiger partial charge is 0.317 e. The van der Waals surface area contributed by atoms with Gasteiger partial charge in [-0.3, -0.25) is 4.79 Å². The van der Waals surface area contributed by atoms with Gasteiger partial charge >= 0.3 is 6.03 Å². The molecule has 5 N–H and O–H groups in total. The lowest BCUT2D eigenvalue weighted by Gasteiger charge is -2.13. The summed E-state index contributed by atoms with van der Waals surface area (Å²) in [6.07, 6.45) is 5.87. The third kappa shape index (κ3) is 5.64. The SMILES string of the molecule is COc1cc(-c2csc3c(/C=C/CNCCN4CCNC4=O)cnc(N)c23)ccc1NC(=O)c1cc2ccccc2n1C. The van der Waals surface area contributed by atoms with Gasteiger partial charge in [0.05, 0.1) is 12.8 Å². The van der Waals surface area contributed by atoms with E-state index < -0.39 is 0 Å². The second-order valence-electron chi connectivity index (χ2n) is 10.3. The summed E-state index contributed by atoms with van der Waals surface area (Å²) in [5, 5.41) is 13.1. The fourth-order valence-corrected chi connectivity index (χ4v) is 6.46. The van der Waals surface area contributed by atoms with E-state index in [9.17, 15) is 9.59 Å². The van der Waals surface area contributed by atoms with Crippen LogP contribution >= 0.6 is 11.3 Å². The first-order valence-electron chi connectivity index (χ1n) is 14.0. The Kier molecular flexibility index (Phi) is 7.99. The summed E-state index contributed by atoms with van der Waals surface area (Å²) in [6.45, 7) is 3.53. The highest BCUT2D eigenvalue weighted by atomic mass is 32.1. The number of nitrogens with two attached hydrogens (primary N) is 1. The molecule has 4 heterocycles. The molecule has 1 saturated heterocycles. The molecule has 0 aliphatic carbocycles. The van der Waals surface area contributed by atoms with Crippen molar-refractivity contribution in [1.29, 1.82) is 0 Å². The molecule has 220 valence electrons. The number of thiophene rings is 1. The van der Waals surface area contributed by atoms with Crippen LogP contribution in [0.5, 0.6) is 5.75 Å². The number of methoxy groups -OCH3 is 1. The van der Waals surface area contributed by atoms with E-state index in [2.05, 4.69) is 26.3 Å². The first kappa shape index (κ1) is 28.3. The van der Waals surface area contributed by atoms with Crippen molar-refractivity contribution in [3.8, 4) is 16.9 Å². The maximum Gasteiger partial charge on any atom is 0.317 e. The van der Waals surface area contributed by atoms with Crippen LogP contribution in [0.15, 0.2) is 66.2 Å². The number of carbonyl (C=O) groups excluding carboxylic acids is 2. The lowest BCUT2D eigenvalue weighted by Crippen LogP contribution is -2.34. The first-order valence-corrected chi connectivity index (χ1v) is 14.9. The summed E-state index contributed by atoms with van der Waals surface area (Å²) in [5.41, 5.74) is 11.3. The van der Waals surface area contributed by atoms with Crippen molar-refractivity contribution in [1.82, 2.24) is 25.1 Å². The summed E-state index contributed by atoms with van der Waals surface area (Å²) in [5.74, 6) is 0.785. The number of aromatic nitrogens is 2. The van der Waals surface area contributed by atoms with Crippen molar-refractivity contribution in [3.63, 3.8) is 0 Å². The van der Waals surface area contributed by atoms with Crippen molar-refractivity contribution < 1.29 is 14.3 Å². The van der Waals surface area contributed by atoms with Gasteiger partial charge in [0, 0.05) is 78.1 Å². The number of hydrogen-bond donors (Lipinski definition) is 4. The molecule has 3 aromatic heterocycles. The van der Waals surface area contributed by atoms with Crippen LogP contribution in [0.3, 0.4) is 0 Å². The summed E-state index contributed by atoms with van der Waals surface area (Å²) in [4.78, 5) is 31.2. The highest BCUT2D eigenvalue weighted by Crippen LogP contribution is 2.41. The predicted molar refractivity (Wildman–Crippen MR) is 174 cm³/mol. The van der Waals surface area contributed by atoms with E-state index in [1.165, 1.54) is 0 Å². The van der Waals surface area contributed by atoms with E-state index in [0.717, 1.165) is 50.8 Å². The minimum absolute atomic E-state index is 0.000843. The Bertz CT molecular complexity index is 1860. The Morgan fingerprint density at radius 2 is 2.09 bits per heavy atom. The molecule has 11 heteroatoms. The maximum atomic E-state index is 13.2. The number of anilines is 2. The number of benzene rings is 2. The fraction of sp³-hybridized carbons (Fsp3) is 0.219. The van der Waals surface area contributed by atoms with E-state index in [-0.39, 0.29) is 11.9 Å². The van der Waals surface area contributed by atoms with Crippen LogP contribution in [0.2, 0.25) is 0 Å². The van der Waals surface area contributed by atoms with Gasteiger partial charge in [-0.1, -0.05) is 36.4 Å². The molecule has 10 nitrogen and oxygen atoms in total. The molecule has 2 aromatic carbocycles. The number of pyridine rings is 1. The van der Waals surface area contributed by atoms with Crippen molar-refractivity contribution in [2.75, 3.05) is 50.9 Å². The van der Waals surface area contributed by atoms with Gasteiger partial charge in [0.15, 0.2) is 0 Å². The van der Waals surface area contributed by atoms with Crippen molar-refractivity contribution in [2.45, 2.75) is 0 Å². The number of nitrogen functional groups attached to an aromatic ring is 1. The van der Waals surface area contributed by atoms with E-state index in [0.29, 0.717) is 42.6 Å². The van der Waals surface area contributed by atoms with Crippen LogP contribution < -0.4 is 26.4 Å². The highest BCUT2D eigenvalue weighted by Gasteiger charge is 2.19. The number of ether oxygens (including phenoxy) is 1. The number of nitrogens with one attached hydrogen (secondary N) is 3. The Labute approximate surface area is 253 Å². The molecule has 0 radical (unpaired) electrons. The third-order valence-electron chi connectivity index (χ3n) is 7.66. The van der Waals surface area contributed by atoms with Crippen LogP contribution in [0.25, 0.3) is 38.2 Å². The van der Waals surface area contributed by atoms with Crippen LogP contribution in [0, 0.1) is 0 Å². The topological polar surface area (TPSA) is 127 Å². The molecule has 0 saturated carbocycles. The van der Waals surface area contributed by atoms with Crippen LogP contribution in [0.4, 0.5) is 16.3 Å². The zero-order valence-corrected chi connectivity index (χ0v) is 24.8. The van der Waals surface area contributed by atoms with Crippen molar-refractivity contribution >= 4 is 61.8 Å². The fourth-order valence-electron chi connectivity index (χ4n) is 5.38. The molecular formula is C32H33N7O3S. The lowest BCUT2D eigenvalue weighted by molar-refractivity contribution is 0.101. The average molecular weight is 596 g/mol. The lowest BCUT2D eigenvalue weighted by atomic mass is 10.0. The van der Waals surface area contributed by atoms with E-state index in [1.807, 2.05) is 72.3 Å². The number of carbonyl (C=O) groups is 2. The molecule has 0 unspecified atom stereocenters. The van der Waals surface area contributed by atoms with Gasteiger partial charge in [-0.05, 0) is 35.2 Å². The molecule has 0 atom stereocenters. The van der Waals surface area contributed by atoms with Gasteiger partial charge in [0.25, 0.3) is 5.91 Å². The van der Waals surface area contributed by atoms with Gasteiger partial charge in [-0.25, -0.2) is 9.78 Å². The standard InChI is InChI=1S/C32H33N7O3S/c1-38-25-8-4-3-6-21(25)16-26(38)31(40)37-24-10-9-20(17-27(24)42-2)23-19-43-29-22(18-36-30(33)28(23)29)7-5-11-34-12-14-39-15-13-35-32(39)41/h3-10,16-19,34H,11-15H2,1-2H3,(H2,33,36)(H,35,41)(H,37,40)/b7-5+. The Hall–Kier alpha value is -4.87. The Morgan fingerprint density at radius 1 is 1.23 bits per heavy atom. The molecule has 6 rings (SSSR count). The molecule has 0 spiro atoms. The zero-order valence-electron chi connectivity index (χ0n) is 24.0. The summed E-state index contributed by atoms with van der Waals surface area (Å²) in [6, 6.07) is 15.5. The number of aryl methyl sites for hydroxylation is 1. The largest absolute Gasteiger partial charge is 0.495 e. The second-order valence-corrected chi connectivity index (χ2v) is 11.2. The van der Waals surface area contributed by atoms with Crippen molar-refractivity contribution in [2.24, 2.45) is 7.05 Å². The number of para-hydroxylation sites is 1. The number of nitrogens with zero attached hydrogens (tertiary/aromatic N) is 3. The Balaban J connectivity index is 1.18. The van der Waals surface area contributed by atoms with Gasteiger partial charge in [0.2, 0.25) is 0 Å². The Morgan fingerprint density at radius 3 is 2.88 bits per heavy atom. The van der Waals surface area contributed by atoms with E-state index in [4.69, 9.17) is 10.5 Å². The zero-order chi connectivity index (χ0) is 29.9. The monoisotopic (exact) mass is 595 g/mol. The van der Waals surface area contributed by atoms with Crippen molar-refractivity contribution in [3.05, 3.63) is 77.4 Å². The maximum absolute atomic E-state index is 13.2. The quantitative estimate of drug-likeness (QED) is 0.170. The van der Waals surface area contributed by atoms with Gasteiger partial charge in [-0.15, -0.1) is 11.3 Å². The summed E-state index contributed by atoms with van der Waals surface area (Å²) in [7, 11) is 3.47. The highest BCUT2D eigenvalue weighted by molar-refractivity contribution is 7.18. The number of urea groups is 1. The number of amides is 3. The molecular weight excluding hydrogens is 562 g/mol. The van der Waals surface area contributed by atoms with E-state index in [1.54, 1.807) is 29.5 Å². The molecule has 1 fully saturated rings. The number of rotatable bonds is 10. The molecule has 1 aliphatic heterocycles. The van der Waals surface area contributed by atoms with Crippen LogP contribution in [0.1, 0.15) is 16.1 Å². The first-order chi connectivity index (χ1) is 20.9. The van der Waals surface area contributed by atoms with Gasteiger partial charge < -0.3 is 35.9 Å². The summed E-state index contributed by atoms with van der Waals surface area (Å²) >= 11 is 1.61. The number of hydrogen-bond acceptors (Lipinski definition) is 7.